The third-order valence-corrected chi connectivity index (χ3v) is 2.19. The van der Waals surface area contributed by atoms with E-state index < -0.39 is 0 Å². The third kappa shape index (κ3) is 3.79. The Kier molecular flexibility index (Phi) is 4.26. The molecule has 0 bridgehead atoms. The summed E-state index contributed by atoms with van der Waals surface area (Å²) in [4.78, 5) is 11.8. The highest BCUT2D eigenvalue weighted by molar-refractivity contribution is 5.09. The zero-order chi connectivity index (χ0) is 12.2. The molecule has 1 rings (SSSR count). The van der Waals surface area contributed by atoms with Gasteiger partial charge in [0.25, 0.3) is 5.56 Å². The minimum absolute atomic E-state index is 0.0255. The molecule has 0 spiro atoms. The number of rotatable bonds is 4. The monoisotopic (exact) mass is 224 g/mol. The Morgan fingerprint density at radius 2 is 2.12 bits per heavy atom. The molecule has 0 aromatic carbocycles. The fraction of sp³-hybridized carbons (Fsp3) is 0.583. The summed E-state index contributed by atoms with van der Waals surface area (Å²) in [5, 5.41) is 0. The average molecular weight is 224 g/mol. The molecule has 1 aromatic heterocycles. The van der Waals surface area contributed by atoms with Crippen LogP contribution >= 0.6 is 0 Å². The number of pyridine rings is 1. The van der Waals surface area contributed by atoms with Crippen molar-refractivity contribution in [3.8, 4) is 0 Å². The van der Waals surface area contributed by atoms with E-state index >= 15 is 0 Å². The molecular weight excluding hydrogens is 204 g/mol. The highest BCUT2D eigenvalue weighted by atomic mass is 16.5. The predicted molar refractivity (Wildman–Crippen MR) is 64.3 cm³/mol. The van der Waals surface area contributed by atoms with Crippen molar-refractivity contribution in [1.82, 2.24) is 4.57 Å². The average Bonchev–Trinajstić information content (AvgIpc) is 2.19. The summed E-state index contributed by atoms with van der Waals surface area (Å²) in [6.07, 6.45) is 1.76. The molecule has 1 heterocycles. The van der Waals surface area contributed by atoms with Gasteiger partial charge in [-0.25, -0.2) is 0 Å². The molecular formula is C12H20N2O2. The molecule has 0 aliphatic rings. The molecule has 16 heavy (non-hydrogen) atoms. The molecule has 4 heteroatoms. The van der Waals surface area contributed by atoms with Crippen molar-refractivity contribution in [1.29, 1.82) is 0 Å². The van der Waals surface area contributed by atoms with E-state index in [2.05, 4.69) is 0 Å². The smallest absolute Gasteiger partial charge is 0.255 e. The molecule has 1 aromatic rings. The molecule has 4 nitrogen and oxygen atoms in total. The third-order valence-electron chi connectivity index (χ3n) is 2.19. The van der Waals surface area contributed by atoms with Gasteiger partial charge in [0, 0.05) is 24.8 Å². The van der Waals surface area contributed by atoms with Crippen LogP contribution in [-0.4, -0.2) is 16.8 Å². The van der Waals surface area contributed by atoms with Crippen molar-refractivity contribution >= 4 is 0 Å². The molecule has 0 atom stereocenters. The van der Waals surface area contributed by atoms with Crippen molar-refractivity contribution in [2.24, 2.45) is 5.73 Å². The minimum atomic E-state index is -0.172. The quantitative estimate of drug-likeness (QED) is 0.834. The number of nitrogens with two attached hydrogens (primary N) is 1. The van der Waals surface area contributed by atoms with Crippen LogP contribution in [0, 0.1) is 0 Å². The van der Waals surface area contributed by atoms with Gasteiger partial charge in [-0.05, 0) is 26.8 Å². The van der Waals surface area contributed by atoms with E-state index in [1.807, 2.05) is 26.8 Å². The second kappa shape index (κ2) is 5.27. The van der Waals surface area contributed by atoms with Gasteiger partial charge in [0.05, 0.1) is 12.2 Å². The van der Waals surface area contributed by atoms with Gasteiger partial charge in [0.15, 0.2) is 0 Å². The SMILES string of the molecule is CC(C)(C)OCCn1cccc(CN)c1=O. The fourth-order valence-electron chi connectivity index (χ4n) is 1.37. The first kappa shape index (κ1) is 12.9. The van der Waals surface area contributed by atoms with E-state index in [-0.39, 0.29) is 17.7 Å². The number of aromatic nitrogens is 1. The summed E-state index contributed by atoms with van der Waals surface area (Å²) in [7, 11) is 0. The summed E-state index contributed by atoms with van der Waals surface area (Å²) in [6.45, 7) is 7.34. The molecule has 90 valence electrons. The summed E-state index contributed by atoms with van der Waals surface area (Å²) in [5.74, 6) is 0. The van der Waals surface area contributed by atoms with Crippen LogP contribution in [0.1, 0.15) is 26.3 Å². The largest absolute Gasteiger partial charge is 0.374 e. The summed E-state index contributed by atoms with van der Waals surface area (Å²) in [5.41, 5.74) is 5.91. The summed E-state index contributed by atoms with van der Waals surface area (Å²) in [6, 6.07) is 3.59. The number of hydrogen-bond donors (Lipinski definition) is 1. The minimum Gasteiger partial charge on any atom is -0.374 e. The molecule has 0 saturated heterocycles. The van der Waals surface area contributed by atoms with E-state index in [1.54, 1.807) is 16.8 Å². The van der Waals surface area contributed by atoms with Gasteiger partial charge in [-0.1, -0.05) is 6.07 Å². The van der Waals surface area contributed by atoms with Gasteiger partial charge in [0.2, 0.25) is 0 Å². The second-order valence-electron chi connectivity index (χ2n) is 4.70. The molecule has 0 amide bonds. The lowest BCUT2D eigenvalue weighted by atomic mass is 10.2. The molecule has 0 aliphatic carbocycles. The van der Waals surface area contributed by atoms with E-state index in [0.29, 0.717) is 18.7 Å². The van der Waals surface area contributed by atoms with Crippen LogP contribution in [0.4, 0.5) is 0 Å². The van der Waals surface area contributed by atoms with Crippen LogP contribution in [0.2, 0.25) is 0 Å². The van der Waals surface area contributed by atoms with E-state index in [0.717, 1.165) is 0 Å². The lowest BCUT2D eigenvalue weighted by molar-refractivity contribution is -0.00714. The summed E-state index contributed by atoms with van der Waals surface area (Å²) >= 11 is 0. The topological polar surface area (TPSA) is 57.2 Å². The first-order valence-electron chi connectivity index (χ1n) is 5.46. The first-order valence-corrected chi connectivity index (χ1v) is 5.46. The predicted octanol–water partition coefficient (Wildman–Crippen LogP) is 1.12. The summed E-state index contributed by atoms with van der Waals surface area (Å²) < 4.78 is 7.20. The van der Waals surface area contributed by atoms with Gasteiger partial charge in [-0.3, -0.25) is 4.79 Å². The van der Waals surface area contributed by atoms with Crippen molar-refractivity contribution < 1.29 is 4.74 Å². The number of nitrogens with zero attached hydrogens (tertiary/aromatic N) is 1. The molecule has 0 fully saturated rings. The van der Waals surface area contributed by atoms with Crippen molar-refractivity contribution in [3.63, 3.8) is 0 Å². The van der Waals surface area contributed by atoms with Gasteiger partial charge >= 0.3 is 0 Å². The Morgan fingerprint density at radius 3 is 2.69 bits per heavy atom. The molecule has 0 radical (unpaired) electrons. The lowest BCUT2D eigenvalue weighted by Gasteiger charge is -2.19. The molecule has 2 N–H and O–H groups in total. The number of ether oxygens (including phenoxy) is 1. The van der Waals surface area contributed by atoms with Gasteiger partial charge in [-0.15, -0.1) is 0 Å². The highest BCUT2D eigenvalue weighted by Crippen LogP contribution is 2.06. The van der Waals surface area contributed by atoms with Crippen molar-refractivity contribution in [2.45, 2.75) is 39.5 Å². The number of hydrogen-bond acceptors (Lipinski definition) is 3. The van der Waals surface area contributed by atoms with E-state index in [1.165, 1.54) is 0 Å². The first-order chi connectivity index (χ1) is 7.44. The molecule has 0 aliphatic heterocycles. The van der Waals surface area contributed by atoms with Crippen LogP contribution in [0.3, 0.4) is 0 Å². The Labute approximate surface area is 96.0 Å². The van der Waals surface area contributed by atoms with E-state index in [4.69, 9.17) is 10.5 Å². The van der Waals surface area contributed by atoms with Crippen LogP contribution in [-0.2, 0) is 17.8 Å². The Hall–Kier alpha value is -1.13. The maximum absolute atomic E-state index is 11.8. The van der Waals surface area contributed by atoms with Gasteiger partial charge < -0.3 is 15.0 Å². The van der Waals surface area contributed by atoms with Crippen LogP contribution < -0.4 is 11.3 Å². The second-order valence-corrected chi connectivity index (χ2v) is 4.70. The van der Waals surface area contributed by atoms with Crippen molar-refractivity contribution in [3.05, 3.63) is 34.2 Å². The highest BCUT2D eigenvalue weighted by Gasteiger charge is 2.09. The van der Waals surface area contributed by atoms with Gasteiger partial charge in [-0.2, -0.15) is 0 Å². The Balaban J connectivity index is 2.65. The van der Waals surface area contributed by atoms with Crippen LogP contribution in [0.25, 0.3) is 0 Å². The Morgan fingerprint density at radius 1 is 1.44 bits per heavy atom. The molecule has 0 saturated carbocycles. The zero-order valence-electron chi connectivity index (χ0n) is 10.2. The lowest BCUT2D eigenvalue weighted by Crippen LogP contribution is -2.28. The van der Waals surface area contributed by atoms with E-state index in [9.17, 15) is 4.79 Å². The maximum Gasteiger partial charge on any atom is 0.255 e. The maximum atomic E-state index is 11.8. The van der Waals surface area contributed by atoms with Gasteiger partial charge in [0.1, 0.15) is 0 Å². The van der Waals surface area contributed by atoms with Crippen LogP contribution in [0.15, 0.2) is 23.1 Å². The standard InChI is InChI=1S/C12H20N2O2/c1-12(2,3)16-8-7-14-6-4-5-10(9-13)11(14)15/h4-6H,7-9,13H2,1-3H3. The fourth-order valence-corrected chi connectivity index (χ4v) is 1.37. The normalized spacial score (nSPS) is 11.8. The van der Waals surface area contributed by atoms with Crippen molar-refractivity contribution in [2.75, 3.05) is 6.61 Å². The zero-order valence-corrected chi connectivity index (χ0v) is 10.2. The molecule has 0 unspecified atom stereocenters. The van der Waals surface area contributed by atoms with Crippen LogP contribution in [0.5, 0.6) is 0 Å². The Bertz CT molecular complexity index is 391.